The lowest BCUT2D eigenvalue weighted by atomic mass is 10.1. The van der Waals surface area contributed by atoms with Crippen LogP contribution < -0.4 is 10.9 Å². The molecule has 0 bridgehead atoms. The van der Waals surface area contributed by atoms with Crippen LogP contribution in [0.5, 0.6) is 0 Å². The lowest BCUT2D eigenvalue weighted by molar-refractivity contribution is -0.118. The molecule has 1 aromatic carbocycles. The average molecular weight is 417 g/mol. The Morgan fingerprint density at radius 1 is 1.16 bits per heavy atom. The zero-order chi connectivity index (χ0) is 21.7. The predicted octanol–water partition coefficient (Wildman–Crippen LogP) is 1.24. The molecular formula is C20H15N7O4. The van der Waals surface area contributed by atoms with Gasteiger partial charge in [-0.25, -0.2) is 4.79 Å². The molecule has 2 aromatic heterocycles. The summed E-state index contributed by atoms with van der Waals surface area (Å²) in [5, 5.41) is 13.0. The second-order valence-electron chi connectivity index (χ2n) is 7.01. The van der Waals surface area contributed by atoms with Gasteiger partial charge in [0.2, 0.25) is 0 Å². The number of hydrogen-bond donors (Lipinski definition) is 1. The molecular weight excluding hydrogens is 402 g/mol. The number of para-hydroxylation sites is 1. The fourth-order valence-corrected chi connectivity index (χ4v) is 3.35. The number of amidine groups is 1. The highest BCUT2D eigenvalue weighted by atomic mass is 16.4. The van der Waals surface area contributed by atoms with E-state index in [2.05, 4.69) is 25.5 Å². The van der Waals surface area contributed by atoms with E-state index in [9.17, 15) is 14.4 Å². The Labute approximate surface area is 174 Å². The Morgan fingerprint density at radius 2 is 1.97 bits per heavy atom. The van der Waals surface area contributed by atoms with E-state index in [1.807, 2.05) is 0 Å². The molecule has 31 heavy (non-hydrogen) atoms. The van der Waals surface area contributed by atoms with Crippen molar-refractivity contribution in [1.29, 1.82) is 0 Å². The first-order chi connectivity index (χ1) is 14.9. The maximum absolute atomic E-state index is 12.8. The fraction of sp³-hybridized carbons (Fsp3) is 0.150. The van der Waals surface area contributed by atoms with Crippen molar-refractivity contribution in [3.8, 4) is 0 Å². The number of benzene rings is 1. The number of hydrogen-bond acceptors (Lipinski definition) is 8. The lowest BCUT2D eigenvalue weighted by Gasteiger charge is -2.17. The van der Waals surface area contributed by atoms with Crippen molar-refractivity contribution in [2.75, 3.05) is 12.4 Å². The molecule has 154 valence electrons. The van der Waals surface area contributed by atoms with Crippen molar-refractivity contribution in [3.05, 3.63) is 58.1 Å². The highest BCUT2D eigenvalue weighted by molar-refractivity contribution is 6.24. The van der Waals surface area contributed by atoms with Crippen molar-refractivity contribution >= 4 is 46.6 Å². The Bertz CT molecular complexity index is 1410. The van der Waals surface area contributed by atoms with Gasteiger partial charge >= 0.3 is 5.63 Å². The Kier molecular flexibility index (Phi) is 4.10. The Hall–Kier alpha value is -4.41. The summed E-state index contributed by atoms with van der Waals surface area (Å²) >= 11 is 0. The first kappa shape index (κ1) is 18.6. The molecule has 4 heterocycles. The first-order valence-corrected chi connectivity index (χ1v) is 9.31. The topological polar surface area (TPSA) is 135 Å². The smallest absolute Gasteiger partial charge is 0.349 e. The zero-order valence-corrected chi connectivity index (χ0v) is 16.4. The summed E-state index contributed by atoms with van der Waals surface area (Å²) in [4.78, 5) is 45.9. The number of carbonyl (C=O) groups excluding carboxylic acids is 2. The third kappa shape index (κ3) is 3.12. The molecule has 1 N–H and O–H groups in total. The van der Waals surface area contributed by atoms with Gasteiger partial charge in [0.1, 0.15) is 28.7 Å². The molecule has 5 rings (SSSR count). The molecule has 0 spiro atoms. The third-order valence-corrected chi connectivity index (χ3v) is 4.84. The van der Waals surface area contributed by atoms with Gasteiger partial charge in [-0.15, -0.1) is 0 Å². The van der Waals surface area contributed by atoms with E-state index in [1.54, 1.807) is 44.3 Å². The van der Waals surface area contributed by atoms with E-state index >= 15 is 0 Å². The van der Waals surface area contributed by atoms with Gasteiger partial charge < -0.3 is 9.73 Å². The minimum Gasteiger partial charge on any atom is -0.422 e. The number of rotatable bonds is 2. The minimum absolute atomic E-state index is 0.0115. The van der Waals surface area contributed by atoms with Crippen LogP contribution in [0.4, 0.5) is 5.82 Å². The van der Waals surface area contributed by atoms with Crippen LogP contribution in [0.2, 0.25) is 0 Å². The van der Waals surface area contributed by atoms with Crippen LogP contribution in [-0.2, 0) is 4.79 Å². The highest BCUT2D eigenvalue weighted by Crippen LogP contribution is 2.20. The van der Waals surface area contributed by atoms with Gasteiger partial charge in [-0.05, 0) is 19.1 Å². The largest absolute Gasteiger partial charge is 0.422 e. The number of carbonyl (C=O) groups is 2. The summed E-state index contributed by atoms with van der Waals surface area (Å²) in [6.45, 7) is 1.71. The molecule has 1 atom stereocenters. The minimum atomic E-state index is -0.767. The van der Waals surface area contributed by atoms with Gasteiger partial charge in [0.15, 0.2) is 0 Å². The van der Waals surface area contributed by atoms with E-state index in [4.69, 9.17) is 4.42 Å². The van der Waals surface area contributed by atoms with Gasteiger partial charge in [0, 0.05) is 24.7 Å². The molecule has 11 nitrogen and oxygen atoms in total. The standard InChI is InChI=1S/C20H15N7O4/c1-10-7-15(22-17(28)12-8-11-5-3-4-6-14(11)31-19(12)30)27(25-10)20-23-16-13(18(29)24-20)9-21-26(16)2/h3-9,13H,1-2H3,(H,22,28). The first-order valence-electron chi connectivity index (χ1n) is 9.31. The number of nitrogens with one attached hydrogen (secondary N) is 1. The van der Waals surface area contributed by atoms with Crippen LogP contribution in [0.15, 0.2) is 60.7 Å². The van der Waals surface area contributed by atoms with Gasteiger partial charge in [0.05, 0.1) is 5.69 Å². The monoisotopic (exact) mass is 417 g/mol. The van der Waals surface area contributed by atoms with Crippen molar-refractivity contribution in [2.24, 2.45) is 21.0 Å². The summed E-state index contributed by atoms with van der Waals surface area (Å²) in [6, 6.07) is 9.92. The second-order valence-corrected chi connectivity index (χ2v) is 7.01. The average Bonchev–Trinajstić information content (AvgIpc) is 3.30. The molecule has 0 saturated heterocycles. The summed E-state index contributed by atoms with van der Waals surface area (Å²) in [6.07, 6.45) is 1.47. The number of anilines is 1. The van der Waals surface area contributed by atoms with Crippen molar-refractivity contribution in [2.45, 2.75) is 6.92 Å². The molecule has 2 amide bonds. The summed E-state index contributed by atoms with van der Waals surface area (Å²) in [7, 11) is 1.67. The number of aliphatic imine (C=N–C) groups is 2. The van der Waals surface area contributed by atoms with Crippen molar-refractivity contribution in [1.82, 2.24) is 14.8 Å². The highest BCUT2D eigenvalue weighted by Gasteiger charge is 2.35. The SMILES string of the molecule is Cc1cc(NC(=O)c2cc3ccccc3oc2=O)n(C2=NC(=O)C3C=NN(C)C3=N2)n1. The van der Waals surface area contributed by atoms with E-state index in [0.29, 0.717) is 22.5 Å². The van der Waals surface area contributed by atoms with Crippen LogP contribution in [-0.4, -0.2) is 51.7 Å². The van der Waals surface area contributed by atoms with E-state index in [0.717, 1.165) is 0 Å². The Balaban J connectivity index is 1.50. The Morgan fingerprint density at radius 3 is 2.81 bits per heavy atom. The van der Waals surface area contributed by atoms with E-state index < -0.39 is 23.4 Å². The molecule has 0 fully saturated rings. The number of fused-ring (bicyclic) bond motifs is 2. The van der Waals surface area contributed by atoms with Gasteiger partial charge in [-0.2, -0.15) is 24.9 Å². The van der Waals surface area contributed by atoms with Crippen LogP contribution in [0.1, 0.15) is 16.1 Å². The van der Waals surface area contributed by atoms with Crippen molar-refractivity contribution < 1.29 is 14.0 Å². The molecule has 0 aliphatic carbocycles. The maximum atomic E-state index is 12.8. The lowest BCUT2D eigenvalue weighted by Crippen LogP contribution is -2.35. The zero-order valence-electron chi connectivity index (χ0n) is 16.4. The molecule has 0 saturated carbocycles. The van der Waals surface area contributed by atoms with Crippen LogP contribution in [0.3, 0.4) is 0 Å². The number of aromatic nitrogens is 2. The molecule has 11 heteroatoms. The predicted molar refractivity (Wildman–Crippen MR) is 112 cm³/mol. The molecule has 1 unspecified atom stereocenters. The molecule has 2 aliphatic heterocycles. The fourth-order valence-electron chi connectivity index (χ4n) is 3.35. The van der Waals surface area contributed by atoms with Crippen molar-refractivity contribution in [3.63, 3.8) is 0 Å². The summed E-state index contributed by atoms with van der Waals surface area (Å²) in [5.41, 5.74) is 0.000637. The normalized spacial score (nSPS) is 17.5. The van der Waals surface area contributed by atoms with Gasteiger partial charge in [-0.3, -0.25) is 14.6 Å². The second kappa shape index (κ2) is 6.83. The molecule has 2 aliphatic rings. The van der Waals surface area contributed by atoms with Crippen LogP contribution in [0.25, 0.3) is 11.0 Å². The van der Waals surface area contributed by atoms with E-state index in [1.165, 1.54) is 22.0 Å². The quantitative estimate of drug-likeness (QED) is 0.624. The number of hydrazone groups is 1. The number of nitrogens with zero attached hydrogens (tertiary/aromatic N) is 6. The van der Waals surface area contributed by atoms with Gasteiger partial charge in [0.25, 0.3) is 17.8 Å². The van der Waals surface area contributed by atoms with Gasteiger partial charge in [-0.1, -0.05) is 18.2 Å². The van der Waals surface area contributed by atoms with Crippen LogP contribution >= 0.6 is 0 Å². The molecule has 0 radical (unpaired) electrons. The summed E-state index contributed by atoms with van der Waals surface area (Å²) < 4.78 is 6.47. The number of aryl methyl sites for hydroxylation is 1. The molecule has 3 aromatic rings. The summed E-state index contributed by atoms with van der Waals surface area (Å²) in [5.74, 6) is -1.15. The maximum Gasteiger partial charge on any atom is 0.349 e. The van der Waals surface area contributed by atoms with Crippen LogP contribution in [0, 0.1) is 12.8 Å². The number of amides is 2. The van der Waals surface area contributed by atoms with E-state index in [-0.39, 0.29) is 17.3 Å². The third-order valence-electron chi connectivity index (χ3n) is 4.84.